The molecule has 102 valence electrons. The first kappa shape index (κ1) is 14.9. The number of hydrogen-bond acceptors (Lipinski definition) is 3. The zero-order valence-electron chi connectivity index (χ0n) is 11.3. The summed E-state index contributed by atoms with van der Waals surface area (Å²) in [6, 6.07) is 0. The van der Waals surface area contributed by atoms with Crippen LogP contribution in [-0.2, 0) is 10.0 Å². The molecule has 0 aromatic rings. The highest BCUT2D eigenvalue weighted by Gasteiger charge is 2.31. The van der Waals surface area contributed by atoms with Crippen molar-refractivity contribution in [3.05, 3.63) is 0 Å². The van der Waals surface area contributed by atoms with Crippen LogP contribution in [0.25, 0.3) is 0 Å². The fourth-order valence-electron chi connectivity index (χ4n) is 2.28. The second-order valence-electron chi connectivity index (χ2n) is 5.50. The molecule has 0 amide bonds. The topological polar surface area (TPSA) is 58.2 Å². The molecule has 1 fully saturated rings. The van der Waals surface area contributed by atoms with Crippen molar-refractivity contribution in [2.75, 3.05) is 19.6 Å². The minimum Gasteiger partial charge on any atom is -0.316 e. The average molecular weight is 262 g/mol. The highest BCUT2D eigenvalue weighted by molar-refractivity contribution is 7.90. The summed E-state index contributed by atoms with van der Waals surface area (Å²) in [6.07, 6.45) is 4.73. The van der Waals surface area contributed by atoms with Crippen molar-refractivity contribution in [1.82, 2.24) is 10.0 Å². The summed E-state index contributed by atoms with van der Waals surface area (Å²) in [5.41, 5.74) is 0.172. The van der Waals surface area contributed by atoms with Gasteiger partial charge in [0, 0.05) is 13.1 Å². The predicted molar refractivity (Wildman–Crippen MR) is 71.5 cm³/mol. The van der Waals surface area contributed by atoms with E-state index in [2.05, 4.69) is 17.0 Å². The molecule has 0 saturated heterocycles. The minimum atomic E-state index is -3.17. The van der Waals surface area contributed by atoms with E-state index < -0.39 is 10.0 Å². The molecule has 1 rings (SSSR count). The minimum absolute atomic E-state index is 0.172. The van der Waals surface area contributed by atoms with Gasteiger partial charge in [0.25, 0.3) is 0 Å². The van der Waals surface area contributed by atoms with Crippen molar-refractivity contribution >= 4 is 10.0 Å². The van der Waals surface area contributed by atoms with Crippen LogP contribution in [0.15, 0.2) is 0 Å². The zero-order chi connectivity index (χ0) is 12.9. The van der Waals surface area contributed by atoms with E-state index in [1.807, 2.05) is 6.92 Å². The van der Waals surface area contributed by atoms with Crippen LogP contribution < -0.4 is 10.0 Å². The Morgan fingerprint density at radius 1 is 1.29 bits per heavy atom. The van der Waals surface area contributed by atoms with Crippen LogP contribution in [0.4, 0.5) is 0 Å². The Morgan fingerprint density at radius 2 is 1.88 bits per heavy atom. The number of sulfonamides is 1. The Morgan fingerprint density at radius 3 is 2.41 bits per heavy atom. The maximum atomic E-state index is 12.0. The van der Waals surface area contributed by atoms with Crippen molar-refractivity contribution in [3.8, 4) is 0 Å². The van der Waals surface area contributed by atoms with Crippen molar-refractivity contribution in [2.45, 2.75) is 51.7 Å². The second-order valence-corrected chi connectivity index (χ2v) is 7.69. The molecule has 0 radical (unpaired) electrons. The second kappa shape index (κ2) is 6.16. The summed E-state index contributed by atoms with van der Waals surface area (Å²) in [7, 11) is -3.17. The third-order valence-electron chi connectivity index (χ3n) is 3.72. The first-order valence-electron chi connectivity index (χ1n) is 6.59. The summed E-state index contributed by atoms with van der Waals surface area (Å²) in [6.45, 7) is 7.82. The van der Waals surface area contributed by atoms with Crippen molar-refractivity contribution < 1.29 is 8.42 Å². The van der Waals surface area contributed by atoms with Crippen LogP contribution in [0.2, 0.25) is 0 Å². The molecule has 1 aliphatic carbocycles. The van der Waals surface area contributed by atoms with Crippen molar-refractivity contribution in [2.24, 2.45) is 5.41 Å². The van der Waals surface area contributed by atoms with E-state index in [0.717, 1.165) is 19.4 Å². The molecule has 1 saturated carbocycles. The predicted octanol–water partition coefficient (Wildman–Crippen LogP) is 1.48. The smallest absolute Gasteiger partial charge is 0.215 e. The number of hydrogen-bond donors (Lipinski definition) is 2. The molecule has 0 aromatic carbocycles. The third-order valence-corrected chi connectivity index (χ3v) is 5.50. The van der Waals surface area contributed by atoms with Gasteiger partial charge in [-0.25, -0.2) is 13.1 Å². The van der Waals surface area contributed by atoms with Gasteiger partial charge < -0.3 is 5.32 Å². The maximum absolute atomic E-state index is 12.0. The number of rotatable bonds is 7. The lowest BCUT2D eigenvalue weighted by molar-refractivity contribution is 0.335. The van der Waals surface area contributed by atoms with E-state index in [0.29, 0.717) is 13.1 Å². The summed E-state index contributed by atoms with van der Waals surface area (Å²) in [5.74, 6) is 0. The van der Waals surface area contributed by atoms with Gasteiger partial charge in [-0.05, 0) is 31.7 Å². The van der Waals surface area contributed by atoms with E-state index in [4.69, 9.17) is 0 Å². The molecule has 17 heavy (non-hydrogen) atoms. The van der Waals surface area contributed by atoms with Crippen molar-refractivity contribution in [1.29, 1.82) is 0 Å². The van der Waals surface area contributed by atoms with Gasteiger partial charge in [-0.15, -0.1) is 0 Å². The summed E-state index contributed by atoms with van der Waals surface area (Å²) in [4.78, 5) is 0. The van der Waals surface area contributed by atoms with E-state index >= 15 is 0 Å². The van der Waals surface area contributed by atoms with Gasteiger partial charge in [-0.2, -0.15) is 0 Å². The van der Waals surface area contributed by atoms with Gasteiger partial charge in [0.05, 0.1) is 5.25 Å². The molecule has 1 aliphatic rings. The van der Waals surface area contributed by atoms with Crippen LogP contribution in [0.5, 0.6) is 0 Å². The molecule has 2 N–H and O–H groups in total. The van der Waals surface area contributed by atoms with Gasteiger partial charge in [0.1, 0.15) is 0 Å². The first-order chi connectivity index (χ1) is 7.90. The molecule has 0 heterocycles. The van der Waals surface area contributed by atoms with E-state index in [-0.39, 0.29) is 10.7 Å². The number of nitrogens with one attached hydrogen (secondary N) is 2. The fraction of sp³-hybridized carbons (Fsp3) is 1.00. The first-order valence-corrected chi connectivity index (χ1v) is 8.13. The maximum Gasteiger partial charge on any atom is 0.215 e. The SMILES string of the molecule is CCNCC(C)S(=O)(=O)NCC1(C)CCCC1. The molecule has 0 bridgehead atoms. The molecule has 0 aromatic heterocycles. The van der Waals surface area contributed by atoms with Crippen LogP contribution in [0.3, 0.4) is 0 Å². The van der Waals surface area contributed by atoms with Crippen molar-refractivity contribution in [3.63, 3.8) is 0 Å². The van der Waals surface area contributed by atoms with Gasteiger partial charge >= 0.3 is 0 Å². The fourth-order valence-corrected chi connectivity index (χ4v) is 3.45. The van der Waals surface area contributed by atoms with Gasteiger partial charge in [0.15, 0.2) is 0 Å². The van der Waals surface area contributed by atoms with E-state index in [1.54, 1.807) is 6.92 Å². The van der Waals surface area contributed by atoms with Gasteiger partial charge in [-0.3, -0.25) is 0 Å². The quantitative estimate of drug-likeness (QED) is 0.731. The normalized spacial score (nSPS) is 21.6. The highest BCUT2D eigenvalue weighted by atomic mass is 32.2. The Labute approximate surface area is 106 Å². The lowest BCUT2D eigenvalue weighted by atomic mass is 9.89. The average Bonchev–Trinajstić information content (AvgIpc) is 2.71. The molecule has 5 heteroatoms. The van der Waals surface area contributed by atoms with Crippen LogP contribution >= 0.6 is 0 Å². The summed E-state index contributed by atoms with van der Waals surface area (Å²) in [5, 5.41) is 2.70. The van der Waals surface area contributed by atoms with Gasteiger partial charge in [0.2, 0.25) is 10.0 Å². The van der Waals surface area contributed by atoms with E-state index in [9.17, 15) is 8.42 Å². The lowest BCUT2D eigenvalue weighted by Gasteiger charge is -2.25. The third kappa shape index (κ3) is 4.56. The standard InChI is InChI=1S/C12H26N2O2S/c1-4-13-9-11(2)17(15,16)14-10-12(3)7-5-6-8-12/h11,13-14H,4-10H2,1-3H3. The molecular formula is C12H26N2O2S. The molecule has 1 unspecified atom stereocenters. The Balaban J connectivity index is 2.43. The monoisotopic (exact) mass is 262 g/mol. The summed E-state index contributed by atoms with van der Waals surface area (Å²) >= 11 is 0. The Bertz CT molecular complexity index is 321. The largest absolute Gasteiger partial charge is 0.316 e. The van der Waals surface area contributed by atoms with Crippen LogP contribution in [0, 0.1) is 5.41 Å². The molecular weight excluding hydrogens is 236 g/mol. The Hall–Kier alpha value is -0.130. The molecule has 4 nitrogen and oxygen atoms in total. The molecule has 0 spiro atoms. The zero-order valence-corrected chi connectivity index (χ0v) is 12.1. The lowest BCUT2D eigenvalue weighted by Crippen LogP contribution is -2.42. The van der Waals surface area contributed by atoms with Crippen LogP contribution in [-0.4, -0.2) is 33.3 Å². The molecule has 0 aliphatic heterocycles. The van der Waals surface area contributed by atoms with E-state index in [1.165, 1.54) is 12.8 Å². The van der Waals surface area contributed by atoms with Crippen LogP contribution in [0.1, 0.15) is 46.5 Å². The molecule has 1 atom stereocenters. The van der Waals surface area contributed by atoms with Gasteiger partial charge in [-0.1, -0.05) is 26.7 Å². The summed E-state index contributed by atoms with van der Waals surface area (Å²) < 4.78 is 26.8. The highest BCUT2D eigenvalue weighted by Crippen LogP contribution is 2.36. The Kier molecular flexibility index (Phi) is 5.41.